The second kappa shape index (κ2) is 5.36. The van der Waals surface area contributed by atoms with Gasteiger partial charge >= 0.3 is 6.18 Å². The van der Waals surface area contributed by atoms with Gasteiger partial charge in [-0.15, -0.1) is 0 Å². The minimum Gasteiger partial charge on any atom is -0.482 e. The first-order valence-electron chi connectivity index (χ1n) is 5.55. The second-order valence-electron chi connectivity index (χ2n) is 4.05. The van der Waals surface area contributed by atoms with Gasteiger partial charge in [-0.05, 0) is 23.8 Å². The molecule has 3 nitrogen and oxygen atoms in total. The summed E-state index contributed by atoms with van der Waals surface area (Å²) in [5, 5.41) is 0. The van der Waals surface area contributed by atoms with Crippen LogP contribution in [-0.4, -0.2) is 17.8 Å². The summed E-state index contributed by atoms with van der Waals surface area (Å²) >= 11 is 0. The Kier molecular flexibility index (Phi) is 3.78. The van der Waals surface area contributed by atoms with Gasteiger partial charge in [-0.3, -0.25) is 4.98 Å². The van der Waals surface area contributed by atoms with E-state index in [9.17, 15) is 17.6 Å². The molecule has 0 radical (unpaired) electrons. The van der Waals surface area contributed by atoms with E-state index in [1.807, 2.05) is 0 Å². The third kappa shape index (κ3) is 3.59. The summed E-state index contributed by atoms with van der Waals surface area (Å²) in [5.41, 5.74) is 6.22. The zero-order valence-corrected chi connectivity index (χ0v) is 10.1. The van der Waals surface area contributed by atoms with Crippen LogP contribution in [0.5, 0.6) is 5.75 Å². The highest BCUT2D eigenvalue weighted by molar-refractivity contribution is 5.66. The van der Waals surface area contributed by atoms with Gasteiger partial charge < -0.3 is 10.5 Å². The fourth-order valence-electron chi connectivity index (χ4n) is 1.53. The number of alkyl halides is 3. The molecule has 0 bridgehead atoms. The van der Waals surface area contributed by atoms with E-state index in [4.69, 9.17) is 5.73 Å². The number of benzene rings is 1. The molecule has 2 aromatic rings. The van der Waals surface area contributed by atoms with E-state index in [2.05, 4.69) is 9.72 Å². The Balaban J connectivity index is 2.23. The molecule has 106 valence electrons. The van der Waals surface area contributed by atoms with Crippen molar-refractivity contribution in [3.63, 3.8) is 0 Å². The van der Waals surface area contributed by atoms with Crippen molar-refractivity contribution in [2.45, 2.75) is 6.18 Å². The number of halogens is 4. The molecule has 0 atom stereocenters. The smallest absolute Gasteiger partial charge is 0.422 e. The molecule has 1 heterocycles. The topological polar surface area (TPSA) is 48.1 Å². The van der Waals surface area contributed by atoms with Gasteiger partial charge in [0.1, 0.15) is 11.6 Å². The molecular weight excluding hydrogens is 276 g/mol. The number of nitrogen functional groups attached to an aromatic ring is 1. The molecule has 2 rings (SSSR count). The van der Waals surface area contributed by atoms with Gasteiger partial charge in [0.05, 0.1) is 11.9 Å². The Labute approximate surface area is 112 Å². The molecule has 0 aliphatic rings. The summed E-state index contributed by atoms with van der Waals surface area (Å²) < 4.78 is 54.1. The van der Waals surface area contributed by atoms with Crippen molar-refractivity contribution in [1.82, 2.24) is 4.98 Å². The SMILES string of the molecule is Nc1ccc(-c2cncc(OCC(F)(F)F)c2)cc1F. The van der Waals surface area contributed by atoms with Crippen LogP contribution >= 0.6 is 0 Å². The first-order valence-corrected chi connectivity index (χ1v) is 5.55. The summed E-state index contributed by atoms with van der Waals surface area (Å²) in [6.45, 7) is -1.41. The lowest BCUT2D eigenvalue weighted by Gasteiger charge is -2.10. The van der Waals surface area contributed by atoms with Gasteiger partial charge in [0.2, 0.25) is 0 Å². The molecule has 2 N–H and O–H groups in total. The van der Waals surface area contributed by atoms with Crippen molar-refractivity contribution in [2.75, 3.05) is 12.3 Å². The molecule has 0 spiro atoms. The van der Waals surface area contributed by atoms with Gasteiger partial charge in [0, 0.05) is 11.8 Å². The summed E-state index contributed by atoms with van der Waals surface area (Å²) in [5.74, 6) is -0.652. The van der Waals surface area contributed by atoms with E-state index in [-0.39, 0.29) is 11.4 Å². The van der Waals surface area contributed by atoms with E-state index >= 15 is 0 Å². The summed E-state index contributed by atoms with van der Waals surface area (Å²) in [6.07, 6.45) is -1.88. The van der Waals surface area contributed by atoms with Gasteiger partial charge in [0.25, 0.3) is 0 Å². The molecule has 0 saturated heterocycles. The average molecular weight is 286 g/mol. The predicted octanol–water partition coefficient (Wildman–Crippen LogP) is 3.41. The van der Waals surface area contributed by atoms with Gasteiger partial charge in [-0.2, -0.15) is 13.2 Å². The molecule has 1 aromatic carbocycles. The molecule has 20 heavy (non-hydrogen) atoms. The van der Waals surface area contributed by atoms with Gasteiger partial charge in [0.15, 0.2) is 6.61 Å². The van der Waals surface area contributed by atoms with Crippen molar-refractivity contribution in [2.24, 2.45) is 0 Å². The van der Waals surface area contributed by atoms with Crippen LogP contribution in [0.2, 0.25) is 0 Å². The van der Waals surface area contributed by atoms with Crippen molar-refractivity contribution in [3.05, 3.63) is 42.5 Å². The van der Waals surface area contributed by atoms with Crippen LogP contribution in [0.15, 0.2) is 36.7 Å². The summed E-state index contributed by atoms with van der Waals surface area (Å²) in [4.78, 5) is 3.77. The van der Waals surface area contributed by atoms with Crippen molar-refractivity contribution in [3.8, 4) is 16.9 Å². The van der Waals surface area contributed by atoms with Gasteiger partial charge in [-0.25, -0.2) is 4.39 Å². The number of pyridine rings is 1. The van der Waals surface area contributed by atoms with Crippen LogP contribution in [0.25, 0.3) is 11.1 Å². The lowest BCUT2D eigenvalue weighted by atomic mass is 10.1. The van der Waals surface area contributed by atoms with E-state index in [0.717, 1.165) is 6.20 Å². The Morgan fingerprint density at radius 2 is 1.85 bits per heavy atom. The zero-order valence-electron chi connectivity index (χ0n) is 10.1. The Bertz CT molecular complexity index is 614. The lowest BCUT2D eigenvalue weighted by Crippen LogP contribution is -2.19. The summed E-state index contributed by atoms with van der Waals surface area (Å²) in [6, 6.07) is 5.44. The number of hydrogen-bond donors (Lipinski definition) is 1. The van der Waals surface area contributed by atoms with E-state index in [0.29, 0.717) is 11.1 Å². The zero-order chi connectivity index (χ0) is 14.8. The standard InChI is InChI=1S/C13H10F4N2O/c14-11-4-8(1-2-12(11)18)9-3-10(6-19-5-9)20-7-13(15,16)17/h1-6H,7,18H2. The van der Waals surface area contributed by atoms with Crippen molar-refractivity contribution >= 4 is 5.69 Å². The van der Waals surface area contributed by atoms with Crippen LogP contribution in [0.4, 0.5) is 23.2 Å². The highest BCUT2D eigenvalue weighted by Crippen LogP contribution is 2.26. The normalized spacial score (nSPS) is 11.4. The minimum absolute atomic E-state index is 0.00816. The number of rotatable bonds is 3. The number of nitrogens with zero attached hydrogens (tertiary/aromatic N) is 1. The molecule has 0 aliphatic heterocycles. The van der Waals surface area contributed by atoms with Crippen LogP contribution in [-0.2, 0) is 0 Å². The number of hydrogen-bond acceptors (Lipinski definition) is 3. The average Bonchev–Trinajstić information content (AvgIpc) is 2.39. The van der Waals surface area contributed by atoms with Crippen LogP contribution in [0.1, 0.15) is 0 Å². The molecule has 0 unspecified atom stereocenters. The maximum absolute atomic E-state index is 13.3. The van der Waals surface area contributed by atoms with Crippen LogP contribution in [0.3, 0.4) is 0 Å². The van der Waals surface area contributed by atoms with Crippen LogP contribution in [0, 0.1) is 5.82 Å². The fraction of sp³-hybridized carbons (Fsp3) is 0.154. The highest BCUT2D eigenvalue weighted by Gasteiger charge is 2.28. The summed E-state index contributed by atoms with van der Waals surface area (Å²) in [7, 11) is 0. The van der Waals surface area contributed by atoms with Crippen molar-refractivity contribution in [1.29, 1.82) is 0 Å². The van der Waals surface area contributed by atoms with E-state index in [1.54, 1.807) is 6.07 Å². The third-order valence-electron chi connectivity index (χ3n) is 2.45. The third-order valence-corrected chi connectivity index (χ3v) is 2.45. The van der Waals surface area contributed by atoms with Gasteiger partial charge in [-0.1, -0.05) is 6.07 Å². The molecule has 7 heteroatoms. The first kappa shape index (κ1) is 14.1. The maximum atomic E-state index is 13.3. The minimum atomic E-state index is -4.43. The number of anilines is 1. The number of aromatic nitrogens is 1. The molecular formula is C13H10F4N2O. The van der Waals surface area contributed by atoms with E-state index in [1.165, 1.54) is 24.4 Å². The molecule has 0 fully saturated rings. The predicted molar refractivity (Wildman–Crippen MR) is 65.6 cm³/mol. The molecule has 1 aromatic heterocycles. The Hall–Kier alpha value is -2.31. The quantitative estimate of drug-likeness (QED) is 0.694. The van der Waals surface area contributed by atoms with Crippen LogP contribution < -0.4 is 10.5 Å². The fourth-order valence-corrected chi connectivity index (χ4v) is 1.53. The number of ether oxygens (including phenoxy) is 1. The van der Waals surface area contributed by atoms with E-state index < -0.39 is 18.6 Å². The Morgan fingerprint density at radius 3 is 2.50 bits per heavy atom. The molecule has 0 aliphatic carbocycles. The number of nitrogens with two attached hydrogens (primary N) is 1. The maximum Gasteiger partial charge on any atom is 0.422 e. The Morgan fingerprint density at radius 1 is 1.10 bits per heavy atom. The van der Waals surface area contributed by atoms with Crippen molar-refractivity contribution < 1.29 is 22.3 Å². The first-order chi connectivity index (χ1) is 9.35. The molecule has 0 saturated carbocycles. The monoisotopic (exact) mass is 286 g/mol. The largest absolute Gasteiger partial charge is 0.482 e. The molecule has 0 amide bonds. The second-order valence-corrected chi connectivity index (χ2v) is 4.05. The lowest BCUT2D eigenvalue weighted by molar-refractivity contribution is -0.153. The highest BCUT2D eigenvalue weighted by atomic mass is 19.4.